The molecule has 4 N–H and O–H groups in total. The average Bonchev–Trinajstić information content (AvgIpc) is 3.02. The molecule has 1 aliphatic heterocycles. The lowest BCUT2D eigenvalue weighted by molar-refractivity contribution is -0.0459. The van der Waals surface area contributed by atoms with Crippen LogP contribution >= 0.6 is 11.8 Å². The van der Waals surface area contributed by atoms with Crippen LogP contribution in [0.1, 0.15) is 6.23 Å². The summed E-state index contributed by atoms with van der Waals surface area (Å²) in [5.74, 6) is 0.191. The molecule has 2 aromatic heterocycles. The number of alkyl halides is 1. The summed E-state index contributed by atoms with van der Waals surface area (Å²) in [7, 11) is 0. The molecule has 0 bridgehead atoms. The Kier molecular flexibility index (Phi) is 3.69. The molecular formula is C11H14FN5O3S. The van der Waals surface area contributed by atoms with E-state index >= 15 is 0 Å². The molecule has 0 amide bonds. The highest BCUT2D eigenvalue weighted by atomic mass is 32.2. The van der Waals surface area contributed by atoms with Crippen molar-refractivity contribution < 1.29 is 19.3 Å². The van der Waals surface area contributed by atoms with E-state index in [1.165, 1.54) is 22.7 Å². The predicted octanol–water partition coefficient (Wildman–Crippen LogP) is -0.281. The number of anilines is 1. The maximum absolute atomic E-state index is 14.2. The Morgan fingerprint density at radius 2 is 2.29 bits per heavy atom. The normalized spacial score (nSPS) is 29.3. The molecule has 3 rings (SSSR count). The number of hydrogen-bond donors (Lipinski definition) is 3. The summed E-state index contributed by atoms with van der Waals surface area (Å²) < 4.78 is 20.9. The summed E-state index contributed by atoms with van der Waals surface area (Å²) in [5, 5.41) is 19.2. The average molecular weight is 315 g/mol. The summed E-state index contributed by atoms with van der Waals surface area (Å²) in [5.41, 5.74) is 6.46. The van der Waals surface area contributed by atoms with Gasteiger partial charge in [-0.3, -0.25) is 4.57 Å². The standard InChI is InChI=1S/C11H14FN5O3S/c1-21-11-15-8(13)6-9(16-11)17(3-14-6)10-5(12)7(19)4(2-18)20-10/h3-5,7,10,18-19H,2H2,1H3,(H2,13,15,16)/t4-,5-,7-,10-/m1/s1. The third kappa shape index (κ3) is 2.24. The van der Waals surface area contributed by atoms with Gasteiger partial charge in [-0.05, 0) is 6.26 Å². The van der Waals surface area contributed by atoms with E-state index in [1.54, 1.807) is 6.26 Å². The van der Waals surface area contributed by atoms with Crippen LogP contribution in [0.3, 0.4) is 0 Å². The lowest BCUT2D eigenvalue weighted by atomic mass is 10.1. The fraction of sp³-hybridized carbons (Fsp3) is 0.545. The van der Waals surface area contributed by atoms with Crippen molar-refractivity contribution in [1.29, 1.82) is 0 Å². The van der Waals surface area contributed by atoms with E-state index in [1.807, 2.05) is 0 Å². The van der Waals surface area contributed by atoms with Gasteiger partial charge in [0.15, 0.2) is 29.0 Å². The van der Waals surface area contributed by atoms with Gasteiger partial charge in [0.05, 0.1) is 12.9 Å². The molecular weight excluding hydrogens is 301 g/mol. The van der Waals surface area contributed by atoms with Crippen molar-refractivity contribution in [3.8, 4) is 0 Å². The number of fused-ring (bicyclic) bond motifs is 1. The van der Waals surface area contributed by atoms with Gasteiger partial charge in [-0.1, -0.05) is 11.8 Å². The summed E-state index contributed by atoms with van der Waals surface area (Å²) in [6.07, 6.45) is -2.08. The van der Waals surface area contributed by atoms with Gasteiger partial charge < -0.3 is 20.7 Å². The minimum absolute atomic E-state index is 0.191. The molecule has 10 heteroatoms. The number of nitrogens with two attached hydrogens (primary N) is 1. The van der Waals surface area contributed by atoms with Gasteiger partial charge in [0.1, 0.15) is 17.7 Å². The fourth-order valence-corrected chi connectivity index (χ4v) is 2.64. The Morgan fingerprint density at radius 3 is 2.90 bits per heavy atom. The van der Waals surface area contributed by atoms with E-state index in [9.17, 15) is 9.50 Å². The number of nitrogens with zero attached hydrogens (tertiary/aromatic N) is 4. The van der Waals surface area contributed by atoms with Gasteiger partial charge in [0.2, 0.25) is 0 Å². The molecule has 0 radical (unpaired) electrons. The van der Waals surface area contributed by atoms with Crippen molar-refractivity contribution >= 4 is 28.7 Å². The topological polar surface area (TPSA) is 119 Å². The summed E-state index contributed by atoms with van der Waals surface area (Å²) >= 11 is 1.29. The number of aliphatic hydroxyl groups excluding tert-OH is 2. The van der Waals surface area contributed by atoms with Gasteiger partial charge in [-0.25, -0.2) is 19.3 Å². The minimum Gasteiger partial charge on any atom is -0.394 e. The van der Waals surface area contributed by atoms with Crippen LogP contribution in [-0.2, 0) is 4.74 Å². The van der Waals surface area contributed by atoms with Crippen LogP contribution in [-0.4, -0.2) is 61.0 Å². The van der Waals surface area contributed by atoms with Gasteiger partial charge in [0.25, 0.3) is 0 Å². The third-order valence-corrected chi connectivity index (χ3v) is 3.91. The van der Waals surface area contributed by atoms with Crippen LogP contribution in [0, 0.1) is 0 Å². The molecule has 0 spiro atoms. The molecule has 4 atom stereocenters. The number of nitrogen functional groups attached to an aromatic ring is 1. The fourth-order valence-electron chi connectivity index (χ4n) is 2.27. The zero-order valence-corrected chi connectivity index (χ0v) is 11.9. The molecule has 1 aliphatic rings. The van der Waals surface area contributed by atoms with Crippen LogP contribution < -0.4 is 5.73 Å². The predicted molar refractivity (Wildman–Crippen MR) is 73.4 cm³/mol. The Bertz CT molecular complexity index is 669. The molecule has 0 aliphatic carbocycles. The van der Waals surface area contributed by atoms with Gasteiger partial charge >= 0.3 is 0 Å². The summed E-state index contributed by atoms with van der Waals surface area (Å²) in [4.78, 5) is 12.4. The van der Waals surface area contributed by atoms with Crippen molar-refractivity contribution in [1.82, 2.24) is 19.5 Å². The zero-order chi connectivity index (χ0) is 15.1. The number of aliphatic hydroxyl groups is 2. The van der Waals surface area contributed by atoms with Crippen LogP contribution in [0.15, 0.2) is 11.5 Å². The molecule has 0 unspecified atom stereocenters. The smallest absolute Gasteiger partial charge is 0.191 e. The summed E-state index contributed by atoms with van der Waals surface area (Å²) in [6.45, 7) is -0.474. The minimum atomic E-state index is -1.70. The third-order valence-electron chi connectivity index (χ3n) is 3.36. The lowest BCUT2D eigenvalue weighted by Crippen LogP contribution is -2.30. The van der Waals surface area contributed by atoms with Crippen molar-refractivity contribution in [3.05, 3.63) is 6.33 Å². The number of hydrogen-bond acceptors (Lipinski definition) is 8. The van der Waals surface area contributed by atoms with E-state index in [2.05, 4.69) is 15.0 Å². The highest BCUT2D eigenvalue weighted by molar-refractivity contribution is 7.98. The van der Waals surface area contributed by atoms with E-state index in [0.29, 0.717) is 16.3 Å². The van der Waals surface area contributed by atoms with E-state index in [4.69, 9.17) is 15.6 Å². The summed E-state index contributed by atoms with van der Waals surface area (Å²) in [6, 6.07) is 0. The van der Waals surface area contributed by atoms with Gasteiger partial charge in [0, 0.05) is 0 Å². The van der Waals surface area contributed by atoms with Crippen molar-refractivity contribution in [3.63, 3.8) is 0 Å². The second-order valence-electron chi connectivity index (χ2n) is 4.60. The molecule has 1 fully saturated rings. The maximum atomic E-state index is 14.2. The quantitative estimate of drug-likeness (QED) is 0.522. The Morgan fingerprint density at radius 1 is 1.52 bits per heavy atom. The second kappa shape index (κ2) is 5.37. The van der Waals surface area contributed by atoms with Crippen LogP contribution in [0.2, 0.25) is 0 Å². The monoisotopic (exact) mass is 315 g/mol. The highest BCUT2D eigenvalue weighted by Gasteiger charge is 2.45. The van der Waals surface area contributed by atoms with Crippen molar-refractivity contribution in [2.24, 2.45) is 0 Å². The van der Waals surface area contributed by atoms with Crippen LogP contribution in [0.5, 0.6) is 0 Å². The number of ether oxygens (including phenoxy) is 1. The first-order valence-corrected chi connectivity index (χ1v) is 7.41. The number of halogens is 1. The first-order valence-electron chi connectivity index (χ1n) is 6.19. The van der Waals surface area contributed by atoms with Crippen molar-refractivity contribution in [2.75, 3.05) is 18.6 Å². The lowest BCUT2D eigenvalue weighted by Gasteiger charge is -2.15. The SMILES string of the molecule is CSc1nc(N)c2ncn([C@@H]3O[C@H](CO)[C@@H](O)[C@H]3F)c2n1. The van der Waals surface area contributed by atoms with E-state index in [-0.39, 0.29) is 5.82 Å². The van der Waals surface area contributed by atoms with Crippen molar-refractivity contribution in [2.45, 2.75) is 29.8 Å². The number of rotatable bonds is 3. The van der Waals surface area contributed by atoms with Gasteiger partial charge in [-0.15, -0.1) is 0 Å². The first-order chi connectivity index (χ1) is 10.1. The molecule has 3 heterocycles. The maximum Gasteiger partial charge on any atom is 0.191 e. The molecule has 2 aromatic rings. The van der Waals surface area contributed by atoms with E-state index in [0.717, 1.165) is 0 Å². The van der Waals surface area contributed by atoms with Gasteiger partial charge in [-0.2, -0.15) is 0 Å². The molecule has 114 valence electrons. The highest BCUT2D eigenvalue weighted by Crippen LogP contribution is 2.34. The van der Waals surface area contributed by atoms with Crippen LogP contribution in [0.25, 0.3) is 11.2 Å². The largest absolute Gasteiger partial charge is 0.394 e. The molecule has 0 aromatic carbocycles. The molecule has 8 nitrogen and oxygen atoms in total. The molecule has 0 saturated carbocycles. The Labute approximate surface area is 123 Å². The number of imidazole rings is 1. The number of aromatic nitrogens is 4. The van der Waals surface area contributed by atoms with Crippen LogP contribution in [0.4, 0.5) is 10.2 Å². The Balaban J connectivity index is 2.07. The second-order valence-corrected chi connectivity index (χ2v) is 5.38. The Hall–Kier alpha value is -1.49. The number of thioether (sulfide) groups is 1. The van der Waals surface area contributed by atoms with E-state index < -0.39 is 31.2 Å². The molecule has 1 saturated heterocycles. The first kappa shape index (κ1) is 14.4. The molecule has 21 heavy (non-hydrogen) atoms. The zero-order valence-electron chi connectivity index (χ0n) is 11.0.